The van der Waals surface area contributed by atoms with Crippen molar-refractivity contribution in [2.24, 2.45) is 5.92 Å². The summed E-state index contributed by atoms with van der Waals surface area (Å²) >= 11 is 11.7. The van der Waals surface area contributed by atoms with Gasteiger partial charge in [-0.1, -0.05) is 23.2 Å². The van der Waals surface area contributed by atoms with Crippen LogP contribution in [-0.2, 0) is 0 Å². The smallest absolute Gasteiger partial charge is 0.174 e. The Morgan fingerprint density at radius 1 is 1.41 bits per heavy atom. The van der Waals surface area contributed by atoms with Crippen LogP contribution in [0, 0.1) is 5.92 Å². The molecule has 1 atom stereocenters. The molecule has 2 N–H and O–H groups in total. The molecule has 0 saturated carbocycles. The van der Waals surface area contributed by atoms with Gasteiger partial charge in [0.15, 0.2) is 10.3 Å². The van der Waals surface area contributed by atoms with Crippen molar-refractivity contribution in [3.05, 3.63) is 16.4 Å². The van der Waals surface area contributed by atoms with Crippen LogP contribution in [0.3, 0.4) is 0 Å². The lowest BCUT2D eigenvalue weighted by Gasteiger charge is -2.22. The van der Waals surface area contributed by atoms with E-state index in [0.29, 0.717) is 10.3 Å². The fourth-order valence-corrected chi connectivity index (χ4v) is 2.36. The minimum atomic E-state index is 0.358. The van der Waals surface area contributed by atoms with Gasteiger partial charge in [0.05, 0.1) is 5.69 Å². The monoisotopic (exact) mass is 274 g/mol. The summed E-state index contributed by atoms with van der Waals surface area (Å²) in [6, 6.07) is 1.70. The summed E-state index contributed by atoms with van der Waals surface area (Å²) in [5.74, 6) is 0.750. The molecule has 6 heteroatoms. The van der Waals surface area contributed by atoms with Gasteiger partial charge in [-0.05, 0) is 38.3 Å². The van der Waals surface area contributed by atoms with E-state index in [4.69, 9.17) is 23.2 Å². The summed E-state index contributed by atoms with van der Waals surface area (Å²) in [6.07, 6.45) is 3.70. The van der Waals surface area contributed by atoms with Crippen LogP contribution in [0.15, 0.2) is 6.07 Å². The van der Waals surface area contributed by atoms with Crippen molar-refractivity contribution in [3.63, 3.8) is 0 Å². The molecule has 0 aliphatic carbocycles. The van der Waals surface area contributed by atoms with E-state index in [-0.39, 0.29) is 0 Å². The first-order valence-electron chi connectivity index (χ1n) is 5.89. The van der Waals surface area contributed by atoms with Crippen molar-refractivity contribution in [3.8, 4) is 0 Å². The Morgan fingerprint density at radius 3 is 3.06 bits per heavy atom. The second kappa shape index (κ2) is 6.38. The predicted octanol–water partition coefficient (Wildman–Crippen LogP) is 2.58. The topological polar surface area (TPSA) is 49.8 Å². The lowest BCUT2D eigenvalue weighted by atomic mass is 9.96. The number of rotatable bonds is 4. The van der Waals surface area contributed by atoms with E-state index in [2.05, 4.69) is 20.8 Å². The van der Waals surface area contributed by atoms with Gasteiger partial charge in [0.25, 0.3) is 0 Å². The largest absolute Gasteiger partial charge is 0.382 e. The van der Waals surface area contributed by atoms with Gasteiger partial charge >= 0.3 is 0 Å². The number of hydrogen-bond donors (Lipinski definition) is 2. The van der Waals surface area contributed by atoms with Gasteiger partial charge in [0.2, 0.25) is 0 Å². The normalized spacial score (nSPS) is 20.2. The van der Waals surface area contributed by atoms with Gasteiger partial charge in [-0.25, -0.2) is 0 Å². The maximum absolute atomic E-state index is 5.91. The lowest BCUT2D eigenvalue weighted by molar-refractivity contribution is 0.364. The number of nitrogens with zero attached hydrogens (tertiary/aromatic N) is 2. The number of halogens is 2. The molecule has 17 heavy (non-hydrogen) atoms. The molecule has 1 aromatic heterocycles. The number of aromatic nitrogens is 2. The average Bonchev–Trinajstić information content (AvgIpc) is 2.35. The van der Waals surface area contributed by atoms with Crippen molar-refractivity contribution in [2.45, 2.75) is 19.3 Å². The van der Waals surface area contributed by atoms with Crippen molar-refractivity contribution in [1.82, 2.24) is 15.5 Å². The van der Waals surface area contributed by atoms with Crippen molar-refractivity contribution in [2.75, 3.05) is 25.0 Å². The Morgan fingerprint density at radius 2 is 2.29 bits per heavy atom. The van der Waals surface area contributed by atoms with E-state index in [9.17, 15) is 0 Å². The zero-order valence-electron chi connectivity index (χ0n) is 9.55. The highest BCUT2D eigenvalue weighted by Crippen LogP contribution is 2.21. The first-order chi connectivity index (χ1) is 8.25. The molecule has 0 radical (unpaired) electrons. The van der Waals surface area contributed by atoms with E-state index in [1.165, 1.54) is 12.8 Å². The van der Waals surface area contributed by atoms with E-state index >= 15 is 0 Å². The molecule has 2 rings (SSSR count). The van der Waals surface area contributed by atoms with Gasteiger partial charge in [-0.15, -0.1) is 10.2 Å². The molecule has 1 fully saturated rings. The van der Waals surface area contributed by atoms with Gasteiger partial charge in [-0.3, -0.25) is 0 Å². The third-order valence-corrected chi connectivity index (χ3v) is 3.45. The van der Waals surface area contributed by atoms with E-state index in [0.717, 1.165) is 37.7 Å². The molecule has 94 valence electrons. The Hall–Kier alpha value is -0.580. The van der Waals surface area contributed by atoms with Crippen LogP contribution >= 0.6 is 23.2 Å². The first kappa shape index (κ1) is 12.9. The molecule has 1 aliphatic rings. The van der Waals surface area contributed by atoms with Crippen LogP contribution in [0.4, 0.5) is 5.69 Å². The van der Waals surface area contributed by atoms with Crippen LogP contribution < -0.4 is 10.6 Å². The summed E-state index contributed by atoms with van der Waals surface area (Å²) in [5.41, 5.74) is 0.760. The van der Waals surface area contributed by atoms with Gasteiger partial charge in [0.1, 0.15) is 0 Å². The molecule has 1 aliphatic heterocycles. The molecule has 4 nitrogen and oxygen atoms in total. The molecule has 1 saturated heterocycles. The van der Waals surface area contributed by atoms with Crippen molar-refractivity contribution in [1.29, 1.82) is 0 Å². The molecule has 0 spiro atoms. The van der Waals surface area contributed by atoms with E-state index < -0.39 is 0 Å². The Labute approximate surface area is 111 Å². The van der Waals surface area contributed by atoms with Crippen LogP contribution in [0.25, 0.3) is 0 Å². The quantitative estimate of drug-likeness (QED) is 0.886. The Kier molecular flexibility index (Phi) is 4.83. The Bertz CT molecular complexity index is 366. The number of nitrogens with one attached hydrogen (secondary N) is 2. The number of anilines is 1. The maximum Gasteiger partial charge on any atom is 0.174 e. The lowest BCUT2D eigenvalue weighted by Crippen LogP contribution is -2.30. The molecule has 1 unspecified atom stereocenters. The second-order valence-corrected chi connectivity index (χ2v) is 5.04. The molecule has 0 amide bonds. The van der Waals surface area contributed by atoms with Gasteiger partial charge < -0.3 is 10.6 Å². The van der Waals surface area contributed by atoms with E-state index in [1.54, 1.807) is 6.07 Å². The summed E-state index contributed by atoms with van der Waals surface area (Å²) < 4.78 is 0. The molecule has 2 heterocycles. The predicted molar refractivity (Wildman–Crippen MR) is 70.8 cm³/mol. The SMILES string of the molecule is Clc1cc(NCCC2CCCNC2)c(Cl)nn1. The molecule has 1 aromatic rings. The Balaban J connectivity index is 1.79. The van der Waals surface area contributed by atoms with Crippen LogP contribution in [-0.4, -0.2) is 29.8 Å². The third kappa shape index (κ3) is 3.98. The van der Waals surface area contributed by atoms with Gasteiger partial charge in [-0.2, -0.15) is 0 Å². The fourth-order valence-electron chi connectivity index (χ4n) is 2.06. The summed E-state index contributed by atoms with van der Waals surface area (Å²) in [6.45, 7) is 3.15. The van der Waals surface area contributed by atoms with Crippen molar-refractivity contribution < 1.29 is 0 Å². The fraction of sp³-hybridized carbons (Fsp3) is 0.636. The highest BCUT2D eigenvalue weighted by Gasteiger charge is 2.12. The average molecular weight is 275 g/mol. The zero-order chi connectivity index (χ0) is 12.1. The molecular formula is C11H16Cl2N4. The zero-order valence-corrected chi connectivity index (χ0v) is 11.1. The third-order valence-electron chi connectivity index (χ3n) is 2.99. The van der Waals surface area contributed by atoms with Crippen LogP contribution in [0.5, 0.6) is 0 Å². The number of hydrogen-bond acceptors (Lipinski definition) is 4. The highest BCUT2D eigenvalue weighted by molar-refractivity contribution is 6.33. The van der Waals surface area contributed by atoms with Crippen LogP contribution in [0.1, 0.15) is 19.3 Å². The van der Waals surface area contributed by atoms with Crippen molar-refractivity contribution >= 4 is 28.9 Å². The molecule has 0 bridgehead atoms. The van der Waals surface area contributed by atoms with Crippen LogP contribution in [0.2, 0.25) is 10.3 Å². The van der Waals surface area contributed by atoms with E-state index in [1.807, 2.05) is 0 Å². The first-order valence-corrected chi connectivity index (χ1v) is 6.64. The molecular weight excluding hydrogens is 259 g/mol. The second-order valence-electron chi connectivity index (χ2n) is 4.30. The standard InChI is InChI=1S/C11H16Cl2N4/c12-10-6-9(11(13)17-16-10)15-5-3-8-2-1-4-14-7-8/h6,8,14H,1-5,7H2,(H,15,16). The summed E-state index contributed by atoms with van der Waals surface area (Å²) in [7, 11) is 0. The highest BCUT2D eigenvalue weighted by atomic mass is 35.5. The number of piperidine rings is 1. The minimum absolute atomic E-state index is 0.358. The minimum Gasteiger partial charge on any atom is -0.382 e. The summed E-state index contributed by atoms with van der Waals surface area (Å²) in [5, 5.41) is 14.8. The van der Waals surface area contributed by atoms with Gasteiger partial charge in [0, 0.05) is 12.6 Å². The summed E-state index contributed by atoms with van der Waals surface area (Å²) in [4.78, 5) is 0. The molecule has 0 aromatic carbocycles. The maximum atomic E-state index is 5.91.